The summed E-state index contributed by atoms with van der Waals surface area (Å²) in [5.74, 6) is 0. The Morgan fingerprint density at radius 3 is 0.982 bits per heavy atom. The molecule has 0 amide bonds. The molecule has 0 aromatic carbocycles. The summed E-state index contributed by atoms with van der Waals surface area (Å²) in [5, 5.41) is 3.02. The van der Waals surface area contributed by atoms with Crippen LogP contribution in [-0.4, -0.2) is 245 Å². The highest BCUT2D eigenvalue weighted by Gasteiger charge is 2.06. The van der Waals surface area contributed by atoms with Crippen LogP contribution in [0.3, 0.4) is 0 Å². The Kier molecular flexibility index (Phi) is 43.1. The number of likely N-dealkylation sites (N-methyl/N-ethyl adjacent to an activating group) is 6. The van der Waals surface area contributed by atoms with Crippen molar-refractivity contribution in [3.63, 3.8) is 0 Å². The third kappa shape index (κ3) is 44.4. The van der Waals surface area contributed by atoms with E-state index in [2.05, 4.69) is 139 Å². The van der Waals surface area contributed by atoms with E-state index in [1.807, 2.05) is 43.4 Å². The van der Waals surface area contributed by atoms with Crippen molar-refractivity contribution in [3.8, 4) is 11.4 Å². The fourth-order valence-electron chi connectivity index (χ4n) is 4.37. The second-order valence-corrected chi connectivity index (χ2v) is 14.9. The largest absolute Gasteiger partial charge is 0.329 e. The van der Waals surface area contributed by atoms with Gasteiger partial charge in [-0.3, -0.25) is 19.8 Å². The van der Waals surface area contributed by atoms with Crippen LogP contribution in [0.25, 0.3) is 11.4 Å². The number of rotatable bonds is 24. The lowest BCUT2D eigenvalue weighted by Crippen LogP contribution is -2.40. The molecule has 0 aliphatic carbocycles. The minimum atomic E-state index is 0.681. The summed E-state index contributed by atoms with van der Waals surface area (Å²) in [7, 11) is 25.4. The van der Waals surface area contributed by atoms with Crippen LogP contribution in [0.5, 0.6) is 0 Å². The average molecular weight is 779 g/mol. The number of nitrogens with zero attached hydrogens (tertiary/aromatic N) is 10. The Bertz CT molecular complexity index is 903. The predicted octanol–water partition coefficient (Wildman–Crippen LogP) is 0.938. The van der Waals surface area contributed by atoms with E-state index in [-0.39, 0.29) is 0 Å². The molecule has 0 saturated carbocycles. The van der Waals surface area contributed by atoms with Crippen molar-refractivity contribution in [2.24, 2.45) is 17.2 Å². The minimum absolute atomic E-state index is 0.681. The maximum atomic E-state index is 5.37. The molecule has 2 aromatic heterocycles. The topological polar surface area (TPSA) is 142 Å². The average Bonchev–Trinajstić information content (AvgIpc) is 3.15. The van der Waals surface area contributed by atoms with Gasteiger partial charge in [0.15, 0.2) is 0 Å². The molecule has 0 atom stereocenters. The molecular formula is C41H90N14. The minimum Gasteiger partial charge on any atom is -0.329 e. The van der Waals surface area contributed by atoms with Crippen molar-refractivity contribution >= 4 is 0 Å². The second-order valence-electron chi connectivity index (χ2n) is 14.9. The van der Waals surface area contributed by atoms with Gasteiger partial charge in [-0.15, -0.1) is 0 Å². The summed E-state index contributed by atoms with van der Waals surface area (Å²) in [6, 6.07) is 11.6. The van der Waals surface area contributed by atoms with Gasteiger partial charge in [0.2, 0.25) is 0 Å². The van der Waals surface area contributed by atoms with Crippen molar-refractivity contribution in [2.75, 3.05) is 196 Å². The maximum Gasteiger partial charge on any atom is 0.0886 e. The van der Waals surface area contributed by atoms with Gasteiger partial charge in [0.05, 0.1) is 11.4 Å². The van der Waals surface area contributed by atoms with Gasteiger partial charge >= 0.3 is 0 Å². The van der Waals surface area contributed by atoms with Gasteiger partial charge in [-0.25, -0.2) is 0 Å². The highest BCUT2D eigenvalue weighted by Crippen LogP contribution is 2.10. The Hall–Kier alpha value is -2.18. The summed E-state index contributed by atoms with van der Waals surface area (Å²) in [6.07, 6.45) is 4.77. The van der Waals surface area contributed by atoms with E-state index in [0.29, 0.717) is 19.6 Å². The van der Waals surface area contributed by atoms with Crippen LogP contribution in [0, 0.1) is 0 Å². The third-order valence-electron chi connectivity index (χ3n) is 7.88. The maximum absolute atomic E-state index is 5.37. The Balaban J connectivity index is -0.000000636. The Morgan fingerprint density at radius 2 is 0.764 bits per heavy atom. The van der Waals surface area contributed by atoms with E-state index in [0.717, 1.165) is 103 Å². The zero-order valence-electron chi connectivity index (χ0n) is 38.1. The van der Waals surface area contributed by atoms with Crippen molar-refractivity contribution in [2.45, 2.75) is 13.3 Å². The van der Waals surface area contributed by atoms with Gasteiger partial charge < -0.3 is 51.9 Å². The van der Waals surface area contributed by atoms with E-state index in [4.69, 9.17) is 17.2 Å². The first-order valence-electron chi connectivity index (χ1n) is 20.1. The first kappa shape index (κ1) is 57.1. The van der Waals surface area contributed by atoms with Crippen LogP contribution < -0.4 is 22.5 Å². The zero-order valence-corrected chi connectivity index (χ0v) is 38.1. The standard InChI is InChI=1S/C12H30N4.C10H8N2.C9H23N3.C6H18N4.C4H11N/c1-13(2)7-10-16(11-8-14(3)4)12-9-15(5)6;1-3-7-11-9(5-1)10-6-2-4-8-12-10;1-10(2)6-8-12(5)9-7-11(3)4;7-1-4-10(5-2-8)6-3-9;1-3-4-5-2/h7-12H2,1-6H3;1-8H;6-9H2,1-5H3;1-9H2;5H,3-4H2,1-2H3. The van der Waals surface area contributed by atoms with Gasteiger partial charge in [-0.05, 0) is 122 Å². The van der Waals surface area contributed by atoms with Crippen LogP contribution in [0.1, 0.15) is 13.3 Å². The van der Waals surface area contributed by atoms with E-state index in [1.54, 1.807) is 12.4 Å². The molecule has 55 heavy (non-hydrogen) atoms. The zero-order chi connectivity index (χ0) is 42.3. The van der Waals surface area contributed by atoms with E-state index in [9.17, 15) is 0 Å². The summed E-state index contributed by atoms with van der Waals surface area (Å²) in [4.78, 5) is 26.6. The van der Waals surface area contributed by atoms with E-state index < -0.39 is 0 Å². The van der Waals surface area contributed by atoms with E-state index in [1.165, 1.54) is 6.42 Å². The predicted molar refractivity (Wildman–Crippen MR) is 242 cm³/mol. The van der Waals surface area contributed by atoms with Crippen molar-refractivity contribution < 1.29 is 0 Å². The quantitative estimate of drug-likeness (QED) is 0.120. The van der Waals surface area contributed by atoms with Crippen molar-refractivity contribution in [1.29, 1.82) is 0 Å². The molecule has 0 radical (unpaired) electrons. The fraction of sp³-hybridized carbons (Fsp3) is 0.756. The van der Waals surface area contributed by atoms with Crippen LogP contribution in [-0.2, 0) is 0 Å². The van der Waals surface area contributed by atoms with Gasteiger partial charge in [0.1, 0.15) is 0 Å². The molecule has 0 aliphatic rings. The molecule has 14 nitrogen and oxygen atoms in total. The molecule has 14 heteroatoms. The smallest absolute Gasteiger partial charge is 0.0886 e. The lowest BCUT2D eigenvalue weighted by Gasteiger charge is -2.26. The second kappa shape index (κ2) is 41.5. The number of hydrogen-bond donors (Lipinski definition) is 4. The Labute approximate surface area is 340 Å². The molecular weight excluding hydrogens is 689 g/mol. The number of nitrogens with two attached hydrogens (primary N) is 3. The lowest BCUT2D eigenvalue weighted by molar-refractivity contribution is 0.201. The molecule has 0 saturated heterocycles. The normalized spacial score (nSPS) is 11.1. The molecule has 0 spiro atoms. The summed E-state index contributed by atoms with van der Waals surface area (Å²) < 4.78 is 0. The number of nitrogens with one attached hydrogen (secondary N) is 1. The Morgan fingerprint density at radius 1 is 0.455 bits per heavy atom. The third-order valence-corrected chi connectivity index (χ3v) is 7.88. The molecule has 2 aromatic rings. The van der Waals surface area contributed by atoms with Gasteiger partial charge in [-0.1, -0.05) is 19.1 Å². The van der Waals surface area contributed by atoms with Crippen LogP contribution in [0.4, 0.5) is 0 Å². The van der Waals surface area contributed by atoms with Crippen LogP contribution in [0.15, 0.2) is 48.8 Å². The lowest BCUT2D eigenvalue weighted by atomic mass is 10.2. The summed E-state index contributed by atoms with van der Waals surface area (Å²) in [5.41, 5.74) is 17.9. The highest BCUT2D eigenvalue weighted by atomic mass is 15.2. The van der Waals surface area contributed by atoms with Gasteiger partial charge in [-0.2, -0.15) is 0 Å². The molecule has 0 bridgehead atoms. The molecule has 7 N–H and O–H groups in total. The monoisotopic (exact) mass is 779 g/mol. The molecule has 0 unspecified atom stereocenters. The molecule has 2 rings (SSSR count). The van der Waals surface area contributed by atoms with Crippen molar-refractivity contribution in [3.05, 3.63) is 48.8 Å². The number of pyridine rings is 2. The fourth-order valence-corrected chi connectivity index (χ4v) is 4.37. The number of aromatic nitrogens is 2. The van der Waals surface area contributed by atoms with E-state index >= 15 is 0 Å². The molecule has 0 aliphatic heterocycles. The first-order chi connectivity index (χ1) is 26.2. The SMILES string of the molecule is CCCNC.CN(C)CCN(C)CCN(C)C.CN(C)CCN(CCN(C)C)CCN(C)C.NCCN(CCN)CCN.c1ccc(-c2ccccn2)nc1. The number of hydrogen-bond acceptors (Lipinski definition) is 14. The highest BCUT2D eigenvalue weighted by molar-refractivity contribution is 5.52. The van der Waals surface area contributed by atoms with Crippen LogP contribution in [0.2, 0.25) is 0 Å². The van der Waals surface area contributed by atoms with Gasteiger partial charge in [0.25, 0.3) is 0 Å². The first-order valence-corrected chi connectivity index (χ1v) is 20.1. The molecule has 2 heterocycles. The van der Waals surface area contributed by atoms with Crippen molar-refractivity contribution in [1.82, 2.24) is 54.5 Å². The summed E-state index contributed by atoms with van der Waals surface area (Å²) in [6.45, 7) is 19.5. The molecule has 324 valence electrons. The van der Waals surface area contributed by atoms with Gasteiger partial charge in [0, 0.05) is 117 Å². The summed E-state index contributed by atoms with van der Waals surface area (Å²) >= 11 is 0. The van der Waals surface area contributed by atoms with Crippen LogP contribution >= 0.6 is 0 Å². The molecule has 0 fully saturated rings.